The van der Waals surface area contributed by atoms with E-state index in [2.05, 4.69) is 0 Å². The summed E-state index contributed by atoms with van der Waals surface area (Å²) in [5.74, 6) is -0.197. The van der Waals surface area contributed by atoms with Crippen LogP contribution in [0, 0.1) is 10.1 Å². The van der Waals surface area contributed by atoms with Gasteiger partial charge in [-0.1, -0.05) is 32.0 Å². The van der Waals surface area contributed by atoms with E-state index in [1.165, 1.54) is 17.9 Å². The first-order valence-electron chi connectivity index (χ1n) is 7.97. The van der Waals surface area contributed by atoms with E-state index in [1.807, 2.05) is 38.1 Å². The highest BCUT2D eigenvalue weighted by Crippen LogP contribution is 2.44. The molecule has 0 unspecified atom stereocenters. The summed E-state index contributed by atoms with van der Waals surface area (Å²) in [6.07, 6.45) is 0.562. The summed E-state index contributed by atoms with van der Waals surface area (Å²) in [5.41, 5.74) is 2.42. The molecule has 2 aromatic carbocycles. The van der Waals surface area contributed by atoms with E-state index in [0.717, 1.165) is 16.3 Å². The number of fused-ring (bicyclic) bond motifs is 5. The highest BCUT2D eigenvalue weighted by Gasteiger charge is 2.34. The van der Waals surface area contributed by atoms with Gasteiger partial charge in [0.25, 0.3) is 5.69 Å². The van der Waals surface area contributed by atoms with Crippen molar-refractivity contribution in [3.8, 4) is 0 Å². The van der Waals surface area contributed by atoms with E-state index < -0.39 is 4.92 Å². The Bertz CT molecular complexity index is 958. The Balaban J connectivity index is 0.000000815. The van der Waals surface area contributed by atoms with Crippen molar-refractivity contribution >= 4 is 39.2 Å². The maximum atomic E-state index is 11.8. The number of rotatable bonds is 1. The summed E-state index contributed by atoms with van der Waals surface area (Å²) >= 11 is 0. The van der Waals surface area contributed by atoms with E-state index in [1.54, 1.807) is 0 Å². The number of para-hydroxylation sites is 1. The Hall–Kier alpha value is -2.89. The monoisotopic (exact) mass is 326 g/mol. The molecule has 0 atom stereocenters. The molecule has 0 saturated heterocycles. The summed E-state index contributed by atoms with van der Waals surface area (Å²) in [4.78, 5) is 24.3. The lowest BCUT2D eigenvalue weighted by molar-refractivity contribution is -0.383. The van der Waals surface area contributed by atoms with E-state index in [4.69, 9.17) is 4.42 Å². The molecule has 6 nitrogen and oxygen atoms in total. The molecule has 3 aromatic rings. The number of carbonyl (C=O) groups is 1. The van der Waals surface area contributed by atoms with Crippen LogP contribution in [-0.4, -0.2) is 17.4 Å². The number of nitrogens with zero attached hydrogens (tertiary/aromatic N) is 2. The normalized spacial score (nSPS) is 12.9. The predicted octanol–water partition coefficient (Wildman–Crippen LogP) is 4.43. The lowest BCUT2D eigenvalue weighted by Gasteiger charge is -2.14. The van der Waals surface area contributed by atoms with Gasteiger partial charge < -0.3 is 9.32 Å². The third-order valence-electron chi connectivity index (χ3n) is 4.15. The maximum Gasteiger partial charge on any atom is 0.294 e. The Labute approximate surface area is 138 Å². The highest BCUT2D eigenvalue weighted by atomic mass is 16.6. The molecule has 2 heterocycles. The quantitative estimate of drug-likeness (QED) is 0.489. The molecule has 6 heteroatoms. The molecule has 4 rings (SSSR count). The number of hydrogen-bond donors (Lipinski definition) is 0. The average molecular weight is 326 g/mol. The topological polar surface area (TPSA) is 76.6 Å². The number of carbonyl (C=O) groups excluding carboxylic acids is 1. The van der Waals surface area contributed by atoms with Crippen molar-refractivity contribution in [2.75, 3.05) is 11.4 Å². The molecule has 124 valence electrons. The third kappa shape index (κ3) is 2.22. The standard InChI is InChI=1S/C16H12N2O4.C2H6/c1-9(19)17-7-6-11-15(17)13(18(20)21)8-12-10-4-2-3-5-14(10)22-16(11)12;1-2/h2-5,8H,6-7H2,1H3;1-2H3. The van der Waals surface area contributed by atoms with Crippen LogP contribution in [0.25, 0.3) is 21.9 Å². The second kappa shape index (κ2) is 5.96. The molecule has 0 fully saturated rings. The molecule has 1 aliphatic rings. The van der Waals surface area contributed by atoms with Gasteiger partial charge in [0.2, 0.25) is 5.91 Å². The van der Waals surface area contributed by atoms with Crippen LogP contribution in [0.3, 0.4) is 0 Å². The van der Waals surface area contributed by atoms with Crippen molar-refractivity contribution in [1.82, 2.24) is 0 Å². The van der Waals surface area contributed by atoms with E-state index in [9.17, 15) is 14.9 Å². The van der Waals surface area contributed by atoms with Gasteiger partial charge in [0.05, 0.1) is 4.92 Å². The van der Waals surface area contributed by atoms with E-state index in [-0.39, 0.29) is 11.6 Å². The third-order valence-corrected chi connectivity index (χ3v) is 4.15. The van der Waals surface area contributed by atoms with Gasteiger partial charge in [-0.3, -0.25) is 14.9 Å². The zero-order valence-corrected chi connectivity index (χ0v) is 13.8. The van der Waals surface area contributed by atoms with Crippen LogP contribution in [0.5, 0.6) is 0 Å². The smallest absolute Gasteiger partial charge is 0.294 e. The average Bonchev–Trinajstić information content (AvgIpc) is 3.17. The van der Waals surface area contributed by atoms with Gasteiger partial charge in [0.15, 0.2) is 0 Å². The van der Waals surface area contributed by atoms with Crippen molar-refractivity contribution in [2.24, 2.45) is 0 Å². The Kier molecular flexibility index (Phi) is 3.97. The zero-order chi connectivity index (χ0) is 17.4. The highest BCUT2D eigenvalue weighted by molar-refractivity contribution is 6.11. The van der Waals surface area contributed by atoms with Gasteiger partial charge in [-0.05, 0) is 12.5 Å². The minimum absolute atomic E-state index is 0.0400. The Morgan fingerprint density at radius 3 is 2.62 bits per heavy atom. The second-order valence-corrected chi connectivity index (χ2v) is 5.38. The number of anilines is 1. The van der Waals surface area contributed by atoms with E-state index in [0.29, 0.717) is 29.8 Å². The number of amides is 1. The van der Waals surface area contributed by atoms with Crippen LogP contribution in [0.4, 0.5) is 11.4 Å². The largest absolute Gasteiger partial charge is 0.456 e. The number of benzene rings is 2. The van der Waals surface area contributed by atoms with Crippen LogP contribution >= 0.6 is 0 Å². The molecular weight excluding hydrogens is 308 g/mol. The molecule has 0 aliphatic carbocycles. The fourth-order valence-electron chi connectivity index (χ4n) is 3.22. The minimum Gasteiger partial charge on any atom is -0.456 e. The predicted molar refractivity (Wildman–Crippen MR) is 93.5 cm³/mol. The number of nitro benzene ring substituents is 1. The molecule has 0 bridgehead atoms. The summed E-state index contributed by atoms with van der Waals surface area (Å²) in [6.45, 7) is 5.86. The van der Waals surface area contributed by atoms with Crippen LogP contribution in [0.15, 0.2) is 34.7 Å². The SMILES string of the molecule is CC.CC(=O)N1CCc2c1c([N+](=O)[O-])cc1c2oc2ccccc21. The van der Waals surface area contributed by atoms with Gasteiger partial charge in [-0.25, -0.2) is 0 Å². The second-order valence-electron chi connectivity index (χ2n) is 5.38. The van der Waals surface area contributed by atoms with Crippen LogP contribution in [0.1, 0.15) is 26.3 Å². The summed E-state index contributed by atoms with van der Waals surface area (Å²) in [6, 6.07) is 8.97. The molecule has 1 amide bonds. The molecular formula is C18H18N2O4. The van der Waals surface area contributed by atoms with Crippen molar-refractivity contribution in [2.45, 2.75) is 27.2 Å². The number of hydrogen-bond acceptors (Lipinski definition) is 4. The first-order chi connectivity index (χ1) is 11.6. The van der Waals surface area contributed by atoms with Crippen LogP contribution < -0.4 is 4.90 Å². The molecule has 0 saturated carbocycles. The first-order valence-corrected chi connectivity index (χ1v) is 7.97. The first kappa shape index (κ1) is 16.0. The fraction of sp³-hybridized carbons (Fsp3) is 0.278. The molecule has 0 spiro atoms. The van der Waals surface area contributed by atoms with Gasteiger partial charge in [-0.2, -0.15) is 0 Å². The van der Waals surface area contributed by atoms with Gasteiger partial charge >= 0.3 is 0 Å². The van der Waals surface area contributed by atoms with Crippen molar-refractivity contribution < 1.29 is 14.1 Å². The molecule has 0 N–H and O–H groups in total. The summed E-state index contributed by atoms with van der Waals surface area (Å²) in [7, 11) is 0. The van der Waals surface area contributed by atoms with Crippen molar-refractivity contribution in [3.05, 3.63) is 46.0 Å². The zero-order valence-electron chi connectivity index (χ0n) is 13.8. The molecule has 24 heavy (non-hydrogen) atoms. The number of furan rings is 1. The van der Waals surface area contributed by atoms with Crippen LogP contribution in [-0.2, 0) is 11.2 Å². The van der Waals surface area contributed by atoms with E-state index >= 15 is 0 Å². The lowest BCUT2D eigenvalue weighted by atomic mass is 10.1. The molecule has 1 aromatic heterocycles. The van der Waals surface area contributed by atoms with Crippen molar-refractivity contribution in [3.63, 3.8) is 0 Å². The van der Waals surface area contributed by atoms with Gasteiger partial charge in [0, 0.05) is 35.9 Å². The van der Waals surface area contributed by atoms with Gasteiger partial charge in [0.1, 0.15) is 16.9 Å². The minimum atomic E-state index is -0.429. The van der Waals surface area contributed by atoms with Gasteiger partial charge in [-0.15, -0.1) is 0 Å². The Morgan fingerprint density at radius 1 is 1.25 bits per heavy atom. The molecule has 1 aliphatic heterocycles. The number of nitro groups is 1. The fourth-order valence-corrected chi connectivity index (χ4v) is 3.22. The lowest BCUT2D eigenvalue weighted by Crippen LogP contribution is -2.26. The maximum absolute atomic E-state index is 11.8. The molecule has 0 radical (unpaired) electrons. The van der Waals surface area contributed by atoms with Crippen LogP contribution in [0.2, 0.25) is 0 Å². The summed E-state index contributed by atoms with van der Waals surface area (Å²) < 4.78 is 5.90. The summed E-state index contributed by atoms with van der Waals surface area (Å²) in [5, 5.41) is 13.0. The van der Waals surface area contributed by atoms with Crippen molar-refractivity contribution in [1.29, 1.82) is 0 Å². The Morgan fingerprint density at radius 2 is 1.96 bits per heavy atom.